The number of benzene rings is 3. The number of para-hydroxylation sites is 3. The molecular formula is C21H18N2O5. The smallest absolute Gasteiger partial charge is 0.311 e. The summed E-state index contributed by atoms with van der Waals surface area (Å²) in [5.74, 6) is 0.815. The van der Waals surface area contributed by atoms with Crippen LogP contribution in [0.5, 0.6) is 17.2 Å². The highest BCUT2D eigenvalue weighted by atomic mass is 16.6. The van der Waals surface area contributed by atoms with Crippen LogP contribution < -0.4 is 14.4 Å². The number of ether oxygens (including phenoxy) is 2. The molecule has 3 rings (SSSR count). The Bertz CT molecular complexity index is 1000. The van der Waals surface area contributed by atoms with E-state index in [1.54, 1.807) is 31.3 Å². The zero-order chi connectivity index (χ0) is 20.1. The maximum Gasteiger partial charge on any atom is 0.311 e. The van der Waals surface area contributed by atoms with Crippen LogP contribution in [0.2, 0.25) is 0 Å². The number of carbonyl (C=O) groups is 1. The summed E-state index contributed by atoms with van der Waals surface area (Å²) in [7, 11) is 2.93. The minimum atomic E-state index is -0.581. The third-order valence-corrected chi connectivity index (χ3v) is 4.12. The van der Waals surface area contributed by atoms with E-state index in [4.69, 9.17) is 9.47 Å². The van der Waals surface area contributed by atoms with Gasteiger partial charge in [0.15, 0.2) is 11.5 Å². The molecule has 0 unspecified atom stereocenters. The van der Waals surface area contributed by atoms with Crippen LogP contribution in [0.15, 0.2) is 72.8 Å². The Morgan fingerprint density at radius 1 is 0.964 bits per heavy atom. The second-order valence-electron chi connectivity index (χ2n) is 5.89. The Morgan fingerprint density at radius 3 is 2.32 bits per heavy atom. The Morgan fingerprint density at radius 2 is 1.64 bits per heavy atom. The molecule has 7 nitrogen and oxygen atoms in total. The van der Waals surface area contributed by atoms with Gasteiger partial charge in [-0.25, -0.2) is 0 Å². The third-order valence-electron chi connectivity index (χ3n) is 4.12. The van der Waals surface area contributed by atoms with Gasteiger partial charge in [-0.1, -0.05) is 30.3 Å². The van der Waals surface area contributed by atoms with Crippen molar-refractivity contribution in [3.05, 3.63) is 88.5 Å². The summed E-state index contributed by atoms with van der Waals surface area (Å²) in [6.07, 6.45) is 0. The molecule has 0 aliphatic carbocycles. The zero-order valence-electron chi connectivity index (χ0n) is 15.4. The van der Waals surface area contributed by atoms with Crippen molar-refractivity contribution in [2.45, 2.75) is 0 Å². The number of hydrogen-bond acceptors (Lipinski definition) is 5. The molecule has 28 heavy (non-hydrogen) atoms. The maximum absolute atomic E-state index is 12.9. The van der Waals surface area contributed by atoms with Crippen molar-refractivity contribution in [1.29, 1.82) is 0 Å². The zero-order valence-corrected chi connectivity index (χ0v) is 15.4. The van der Waals surface area contributed by atoms with Crippen LogP contribution in [-0.4, -0.2) is 25.0 Å². The van der Waals surface area contributed by atoms with Crippen LogP contribution in [0.4, 0.5) is 11.4 Å². The van der Waals surface area contributed by atoms with Crippen molar-refractivity contribution < 1.29 is 19.2 Å². The second kappa shape index (κ2) is 8.22. The van der Waals surface area contributed by atoms with E-state index in [9.17, 15) is 14.9 Å². The molecule has 0 N–H and O–H groups in total. The molecule has 3 aromatic rings. The number of nitrogens with zero attached hydrogens (tertiary/aromatic N) is 2. The van der Waals surface area contributed by atoms with E-state index in [0.29, 0.717) is 17.2 Å². The summed E-state index contributed by atoms with van der Waals surface area (Å²) >= 11 is 0. The first-order chi connectivity index (χ1) is 13.5. The van der Waals surface area contributed by atoms with Gasteiger partial charge in [0, 0.05) is 18.7 Å². The quantitative estimate of drug-likeness (QED) is 0.460. The van der Waals surface area contributed by atoms with Crippen molar-refractivity contribution in [2.75, 3.05) is 19.1 Å². The molecule has 0 spiro atoms. The Hall–Kier alpha value is -3.87. The number of amides is 1. The summed E-state index contributed by atoms with van der Waals surface area (Å²) in [5, 5.41) is 11.2. The Labute approximate surface area is 161 Å². The lowest BCUT2D eigenvalue weighted by Crippen LogP contribution is -2.26. The summed E-state index contributed by atoms with van der Waals surface area (Å²) in [6, 6.07) is 20.4. The van der Waals surface area contributed by atoms with Gasteiger partial charge in [-0.05, 0) is 36.4 Å². The Balaban J connectivity index is 1.92. The standard InChI is InChI=1S/C21H18N2O5/c1-22(21(24)15-12-13-19(27-2)18(14-15)23(25)26)17-10-6-7-11-20(17)28-16-8-4-3-5-9-16/h3-14H,1-2H3. The molecule has 0 aromatic heterocycles. The number of rotatable bonds is 6. The summed E-state index contributed by atoms with van der Waals surface area (Å²) in [4.78, 5) is 25.0. The first kappa shape index (κ1) is 18.9. The van der Waals surface area contributed by atoms with E-state index in [0.717, 1.165) is 0 Å². The predicted octanol–water partition coefficient (Wildman–Crippen LogP) is 4.67. The lowest BCUT2D eigenvalue weighted by atomic mass is 10.1. The monoisotopic (exact) mass is 378 g/mol. The fraction of sp³-hybridized carbons (Fsp3) is 0.0952. The summed E-state index contributed by atoms with van der Waals surface area (Å²) in [5.41, 5.74) is 0.440. The molecule has 0 aliphatic rings. The van der Waals surface area contributed by atoms with Gasteiger partial charge in [0.05, 0.1) is 17.7 Å². The molecule has 0 saturated carbocycles. The summed E-state index contributed by atoms with van der Waals surface area (Å²) in [6.45, 7) is 0. The van der Waals surface area contributed by atoms with Crippen LogP contribution in [0.3, 0.4) is 0 Å². The molecule has 0 bridgehead atoms. The van der Waals surface area contributed by atoms with Gasteiger partial charge in [0.2, 0.25) is 0 Å². The van der Waals surface area contributed by atoms with Gasteiger partial charge >= 0.3 is 5.69 Å². The first-order valence-corrected chi connectivity index (χ1v) is 8.43. The molecule has 0 atom stereocenters. The van der Waals surface area contributed by atoms with Gasteiger partial charge in [0.1, 0.15) is 5.75 Å². The van der Waals surface area contributed by atoms with Crippen LogP contribution >= 0.6 is 0 Å². The number of methoxy groups -OCH3 is 1. The van der Waals surface area contributed by atoms with Crippen LogP contribution in [-0.2, 0) is 0 Å². The van der Waals surface area contributed by atoms with Gasteiger partial charge < -0.3 is 14.4 Å². The second-order valence-corrected chi connectivity index (χ2v) is 5.89. The largest absolute Gasteiger partial charge is 0.490 e. The molecule has 1 amide bonds. The van der Waals surface area contributed by atoms with E-state index in [2.05, 4.69) is 0 Å². The number of carbonyl (C=O) groups excluding carboxylic acids is 1. The van der Waals surface area contributed by atoms with E-state index < -0.39 is 10.8 Å². The van der Waals surface area contributed by atoms with Crippen LogP contribution in [0.1, 0.15) is 10.4 Å². The van der Waals surface area contributed by atoms with Crippen LogP contribution in [0, 0.1) is 10.1 Å². The molecule has 3 aromatic carbocycles. The molecule has 0 fully saturated rings. The minimum absolute atomic E-state index is 0.0945. The highest BCUT2D eigenvalue weighted by Crippen LogP contribution is 2.33. The number of hydrogen-bond donors (Lipinski definition) is 0. The van der Waals surface area contributed by atoms with Crippen molar-refractivity contribution in [3.8, 4) is 17.2 Å². The van der Waals surface area contributed by atoms with Crippen LogP contribution in [0.25, 0.3) is 0 Å². The topological polar surface area (TPSA) is 81.9 Å². The fourth-order valence-electron chi connectivity index (χ4n) is 2.70. The number of nitro groups is 1. The van der Waals surface area contributed by atoms with Crippen molar-refractivity contribution in [1.82, 2.24) is 0 Å². The average molecular weight is 378 g/mol. The molecule has 142 valence electrons. The van der Waals surface area contributed by atoms with E-state index in [1.165, 1.54) is 30.2 Å². The molecule has 0 heterocycles. The van der Waals surface area contributed by atoms with Gasteiger partial charge in [0.25, 0.3) is 5.91 Å². The van der Waals surface area contributed by atoms with E-state index in [1.807, 2.05) is 30.3 Å². The SMILES string of the molecule is COc1ccc(C(=O)N(C)c2ccccc2Oc2ccccc2)cc1[N+](=O)[O-]. The average Bonchev–Trinajstić information content (AvgIpc) is 2.73. The summed E-state index contributed by atoms with van der Waals surface area (Å²) < 4.78 is 10.9. The van der Waals surface area contributed by atoms with E-state index in [-0.39, 0.29) is 17.0 Å². The van der Waals surface area contributed by atoms with Crippen molar-refractivity contribution in [3.63, 3.8) is 0 Å². The number of anilines is 1. The molecule has 0 aliphatic heterocycles. The molecule has 7 heteroatoms. The van der Waals surface area contributed by atoms with Gasteiger partial charge in [-0.15, -0.1) is 0 Å². The molecule has 0 radical (unpaired) electrons. The number of nitro benzene ring substituents is 1. The van der Waals surface area contributed by atoms with Gasteiger partial charge in [-0.3, -0.25) is 14.9 Å². The molecular weight excluding hydrogens is 360 g/mol. The van der Waals surface area contributed by atoms with E-state index >= 15 is 0 Å². The highest BCUT2D eigenvalue weighted by Gasteiger charge is 2.22. The maximum atomic E-state index is 12.9. The molecule has 0 saturated heterocycles. The lowest BCUT2D eigenvalue weighted by molar-refractivity contribution is -0.385. The Kier molecular flexibility index (Phi) is 5.55. The third kappa shape index (κ3) is 3.93. The van der Waals surface area contributed by atoms with Crippen molar-refractivity contribution in [2.24, 2.45) is 0 Å². The fourth-order valence-corrected chi connectivity index (χ4v) is 2.70. The highest BCUT2D eigenvalue weighted by molar-refractivity contribution is 6.07. The van der Waals surface area contributed by atoms with Gasteiger partial charge in [-0.2, -0.15) is 0 Å². The predicted molar refractivity (Wildman–Crippen MR) is 105 cm³/mol. The van der Waals surface area contributed by atoms with Crippen molar-refractivity contribution >= 4 is 17.3 Å². The lowest BCUT2D eigenvalue weighted by Gasteiger charge is -2.21. The first-order valence-electron chi connectivity index (χ1n) is 8.43. The normalized spacial score (nSPS) is 10.2. The minimum Gasteiger partial charge on any atom is -0.490 e.